The molecule has 20 heavy (non-hydrogen) atoms. The van der Waals surface area contributed by atoms with Crippen LogP contribution in [-0.2, 0) is 13.5 Å². The molecule has 102 valence electrons. The average Bonchev–Trinajstić information content (AvgIpc) is 2.83. The highest BCUT2D eigenvalue weighted by Crippen LogP contribution is 2.23. The van der Waals surface area contributed by atoms with Gasteiger partial charge in [-0.05, 0) is 30.0 Å². The SMILES string of the molecule is CCc1ncnc(Nc2ccc3ccn(C)c3c2)c1F. The lowest BCUT2D eigenvalue weighted by Crippen LogP contribution is -2.02. The van der Waals surface area contributed by atoms with Crippen LogP contribution in [-0.4, -0.2) is 14.5 Å². The van der Waals surface area contributed by atoms with Crippen molar-refractivity contribution in [1.82, 2.24) is 14.5 Å². The van der Waals surface area contributed by atoms with E-state index in [0.717, 1.165) is 16.6 Å². The van der Waals surface area contributed by atoms with Crippen molar-refractivity contribution in [1.29, 1.82) is 0 Å². The molecule has 0 saturated heterocycles. The van der Waals surface area contributed by atoms with Gasteiger partial charge in [0.1, 0.15) is 6.33 Å². The molecular weight excluding hydrogens is 255 g/mol. The van der Waals surface area contributed by atoms with E-state index in [1.54, 1.807) is 0 Å². The molecular formula is C15H15FN4. The van der Waals surface area contributed by atoms with Crippen molar-refractivity contribution in [3.05, 3.63) is 48.3 Å². The Morgan fingerprint density at radius 1 is 1.25 bits per heavy atom. The lowest BCUT2D eigenvalue weighted by Gasteiger charge is -2.09. The summed E-state index contributed by atoms with van der Waals surface area (Å²) in [6.07, 6.45) is 3.92. The molecule has 3 rings (SSSR count). The smallest absolute Gasteiger partial charge is 0.187 e. The second-order valence-electron chi connectivity index (χ2n) is 4.66. The molecule has 3 aromatic rings. The van der Waals surface area contributed by atoms with Gasteiger partial charge in [0.25, 0.3) is 0 Å². The van der Waals surface area contributed by atoms with Gasteiger partial charge in [0, 0.05) is 24.4 Å². The summed E-state index contributed by atoms with van der Waals surface area (Å²) in [5.41, 5.74) is 2.31. The Morgan fingerprint density at radius 3 is 2.90 bits per heavy atom. The summed E-state index contributed by atoms with van der Waals surface area (Å²) in [6, 6.07) is 7.93. The van der Waals surface area contributed by atoms with Crippen LogP contribution >= 0.6 is 0 Å². The highest BCUT2D eigenvalue weighted by atomic mass is 19.1. The Labute approximate surface area is 116 Å². The van der Waals surface area contributed by atoms with E-state index in [2.05, 4.69) is 15.3 Å². The third kappa shape index (κ3) is 2.11. The van der Waals surface area contributed by atoms with Crippen LogP contribution in [0.4, 0.5) is 15.9 Å². The number of nitrogens with one attached hydrogen (secondary N) is 1. The van der Waals surface area contributed by atoms with Crippen molar-refractivity contribution < 1.29 is 4.39 Å². The second-order valence-corrected chi connectivity index (χ2v) is 4.66. The Morgan fingerprint density at radius 2 is 2.10 bits per heavy atom. The summed E-state index contributed by atoms with van der Waals surface area (Å²) in [4.78, 5) is 7.89. The number of hydrogen-bond acceptors (Lipinski definition) is 3. The third-order valence-electron chi connectivity index (χ3n) is 3.35. The molecule has 0 spiro atoms. The first kappa shape index (κ1) is 12.6. The van der Waals surface area contributed by atoms with Gasteiger partial charge in [-0.15, -0.1) is 0 Å². The molecule has 0 aliphatic heterocycles. The van der Waals surface area contributed by atoms with Gasteiger partial charge in [0.15, 0.2) is 11.6 Å². The van der Waals surface area contributed by atoms with Gasteiger partial charge in [0.2, 0.25) is 0 Å². The van der Waals surface area contributed by atoms with Gasteiger partial charge in [-0.2, -0.15) is 0 Å². The fourth-order valence-corrected chi connectivity index (χ4v) is 2.22. The van der Waals surface area contributed by atoms with Crippen LogP contribution in [0.1, 0.15) is 12.6 Å². The number of hydrogen-bond donors (Lipinski definition) is 1. The van der Waals surface area contributed by atoms with Crippen LogP contribution < -0.4 is 5.32 Å². The molecule has 0 aliphatic rings. The minimum atomic E-state index is -0.387. The molecule has 0 amide bonds. The van der Waals surface area contributed by atoms with Crippen LogP contribution in [0.25, 0.3) is 10.9 Å². The number of anilines is 2. The van der Waals surface area contributed by atoms with Crippen molar-refractivity contribution in [3.8, 4) is 0 Å². The minimum Gasteiger partial charge on any atom is -0.350 e. The standard InChI is InChI=1S/C15H15FN4/c1-3-12-14(16)15(18-9-17-12)19-11-5-4-10-6-7-20(2)13(10)8-11/h4-9H,3H2,1-2H3,(H,17,18,19). The van der Waals surface area contributed by atoms with E-state index in [4.69, 9.17) is 0 Å². The van der Waals surface area contributed by atoms with Crippen LogP contribution in [0.2, 0.25) is 0 Å². The zero-order valence-electron chi connectivity index (χ0n) is 11.4. The van der Waals surface area contributed by atoms with Crippen LogP contribution in [0.5, 0.6) is 0 Å². The van der Waals surface area contributed by atoms with Crippen LogP contribution in [0.15, 0.2) is 36.8 Å². The lowest BCUT2D eigenvalue weighted by atomic mass is 10.2. The lowest BCUT2D eigenvalue weighted by molar-refractivity contribution is 0.599. The first-order valence-electron chi connectivity index (χ1n) is 6.50. The van der Waals surface area contributed by atoms with Crippen molar-refractivity contribution in [2.24, 2.45) is 7.05 Å². The maximum atomic E-state index is 14.1. The second kappa shape index (κ2) is 4.92. The number of fused-ring (bicyclic) bond motifs is 1. The Bertz CT molecular complexity index is 764. The van der Waals surface area contributed by atoms with Crippen molar-refractivity contribution in [2.75, 3.05) is 5.32 Å². The minimum absolute atomic E-state index is 0.213. The topological polar surface area (TPSA) is 42.7 Å². The fraction of sp³-hybridized carbons (Fsp3) is 0.200. The normalized spacial score (nSPS) is 10.9. The Balaban J connectivity index is 1.98. The first-order chi connectivity index (χ1) is 9.69. The van der Waals surface area contributed by atoms with Crippen molar-refractivity contribution >= 4 is 22.4 Å². The molecule has 0 unspecified atom stereocenters. The number of halogens is 1. The number of aromatic nitrogens is 3. The van der Waals surface area contributed by atoms with E-state index >= 15 is 0 Å². The molecule has 2 heterocycles. The number of benzene rings is 1. The van der Waals surface area contributed by atoms with E-state index < -0.39 is 0 Å². The molecule has 0 aliphatic carbocycles. The van der Waals surface area contributed by atoms with Gasteiger partial charge >= 0.3 is 0 Å². The summed E-state index contributed by atoms with van der Waals surface area (Å²) >= 11 is 0. The Hall–Kier alpha value is -2.43. The van der Waals surface area contributed by atoms with E-state index in [-0.39, 0.29) is 11.6 Å². The zero-order chi connectivity index (χ0) is 14.1. The molecule has 5 heteroatoms. The molecule has 0 saturated carbocycles. The summed E-state index contributed by atoms with van der Waals surface area (Å²) in [5, 5.41) is 4.17. The molecule has 1 aromatic carbocycles. The Kier molecular flexibility index (Phi) is 3.10. The molecule has 2 aromatic heterocycles. The van der Waals surface area contributed by atoms with E-state index in [9.17, 15) is 4.39 Å². The number of rotatable bonds is 3. The maximum absolute atomic E-state index is 14.1. The fourth-order valence-electron chi connectivity index (χ4n) is 2.22. The van der Waals surface area contributed by atoms with Gasteiger partial charge in [-0.3, -0.25) is 0 Å². The molecule has 0 bridgehead atoms. The summed E-state index contributed by atoms with van der Waals surface area (Å²) < 4.78 is 16.1. The predicted molar refractivity (Wildman–Crippen MR) is 77.6 cm³/mol. The summed E-state index contributed by atoms with van der Waals surface area (Å²) in [5.74, 6) is -0.174. The van der Waals surface area contributed by atoms with E-state index in [1.165, 1.54) is 6.33 Å². The van der Waals surface area contributed by atoms with Crippen molar-refractivity contribution in [3.63, 3.8) is 0 Å². The zero-order valence-corrected chi connectivity index (χ0v) is 11.4. The highest BCUT2D eigenvalue weighted by Gasteiger charge is 2.10. The number of nitrogens with zero attached hydrogens (tertiary/aromatic N) is 3. The molecule has 0 atom stereocenters. The third-order valence-corrected chi connectivity index (χ3v) is 3.35. The molecule has 4 nitrogen and oxygen atoms in total. The first-order valence-corrected chi connectivity index (χ1v) is 6.50. The largest absolute Gasteiger partial charge is 0.350 e. The molecule has 0 fully saturated rings. The summed E-state index contributed by atoms with van der Waals surface area (Å²) in [6.45, 7) is 1.87. The number of aryl methyl sites for hydroxylation is 2. The quantitative estimate of drug-likeness (QED) is 0.793. The van der Waals surface area contributed by atoms with Gasteiger partial charge in [0.05, 0.1) is 5.69 Å². The predicted octanol–water partition coefficient (Wildman–Crippen LogP) is 3.41. The average molecular weight is 270 g/mol. The van der Waals surface area contributed by atoms with E-state index in [0.29, 0.717) is 12.1 Å². The molecule has 1 N–H and O–H groups in total. The highest BCUT2D eigenvalue weighted by molar-refractivity contribution is 5.84. The van der Waals surface area contributed by atoms with Gasteiger partial charge in [-0.25, -0.2) is 14.4 Å². The van der Waals surface area contributed by atoms with Gasteiger partial charge < -0.3 is 9.88 Å². The summed E-state index contributed by atoms with van der Waals surface area (Å²) in [7, 11) is 1.98. The van der Waals surface area contributed by atoms with Crippen LogP contribution in [0.3, 0.4) is 0 Å². The van der Waals surface area contributed by atoms with Crippen molar-refractivity contribution in [2.45, 2.75) is 13.3 Å². The maximum Gasteiger partial charge on any atom is 0.187 e. The van der Waals surface area contributed by atoms with E-state index in [1.807, 2.05) is 49.0 Å². The van der Waals surface area contributed by atoms with Crippen LogP contribution in [0, 0.1) is 5.82 Å². The molecule has 0 radical (unpaired) electrons. The monoisotopic (exact) mass is 270 g/mol. The van der Waals surface area contributed by atoms with Gasteiger partial charge in [-0.1, -0.05) is 13.0 Å².